The molecule has 1 N–H and O–H groups in total. The monoisotopic (exact) mass is 437 g/mol. The molecule has 0 atom stereocenters. The Morgan fingerprint density at radius 1 is 1.09 bits per heavy atom. The van der Waals surface area contributed by atoms with Gasteiger partial charge in [-0.25, -0.2) is 9.78 Å². The number of nitrogens with one attached hydrogen (secondary N) is 1. The number of amides is 1. The first-order valence-corrected chi connectivity index (χ1v) is 11.2. The number of hydrogen-bond donors (Lipinski definition) is 1. The van der Waals surface area contributed by atoms with E-state index >= 15 is 0 Å². The summed E-state index contributed by atoms with van der Waals surface area (Å²) in [7, 11) is 1.76. The number of anilines is 3. The predicted octanol–water partition coefficient (Wildman–Crippen LogP) is 2.90. The summed E-state index contributed by atoms with van der Waals surface area (Å²) < 4.78 is 3.39. The maximum Gasteiger partial charge on any atom is 0.330 e. The Kier molecular flexibility index (Phi) is 6.16. The highest BCUT2D eigenvalue weighted by Crippen LogP contribution is 2.23. The number of hydrogen-bond acceptors (Lipinski definition) is 6. The second kappa shape index (κ2) is 9.02. The minimum Gasteiger partial charge on any atom is -0.368 e. The van der Waals surface area contributed by atoms with Crippen LogP contribution >= 0.6 is 0 Å². The molecule has 32 heavy (non-hydrogen) atoms. The van der Waals surface area contributed by atoms with E-state index in [9.17, 15) is 9.59 Å². The van der Waals surface area contributed by atoms with Gasteiger partial charge >= 0.3 is 5.69 Å². The summed E-state index contributed by atoms with van der Waals surface area (Å²) in [5.74, 6) is 0.597. The van der Waals surface area contributed by atoms with E-state index in [1.54, 1.807) is 29.3 Å². The van der Waals surface area contributed by atoms with Crippen molar-refractivity contribution in [3.05, 3.63) is 40.9 Å². The highest BCUT2D eigenvalue weighted by atomic mass is 16.2. The second-order valence-corrected chi connectivity index (χ2v) is 8.25. The van der Waals surface area contributed by atoms with Crippen molar-refractivity contribution in [2.75, 3.05) is 36.4 Å². The Morgan fingerprint density at radius 2 is 1.75 bits per heavy atom. The molecule has 4 rings (SSSR count). The first-order valence-electron chi connectivity index (χ1n) is 11.2. The van der Waals surface area contributed by atoms with Crippen molar-refractivity contribution < 1.29 is 4.79 Å². The Hall–Kier alpha value is -3.36. The molecule has 9 heteroatoms. The fourth-order valence-corrected chi connectivity index (χ4v) is 4.34. The first kappa shape index (κ1) is 21.9. The van der Waals surface area contributed by atoms with Gasteiger partial charge in [0.2, 0.25) is 11.9 Å². The van der Waals surface area contributed by atoms with E-state index in [-0.39, 0.29) is 17.6 Å². The molecule has 1 aliphatic heterocycles. The zero-order chi connectivity index (χ0) is 22.8. The van der Waals surface area contributed by atoms with E-state index in [0.29, 0.717) is 11.6 Å². The quantitative estimate of drug-likeness (QED) is 0.638. The van der Waals surface area contributed by atoms with Crippen LogP contribution in [-0.2, 0) is 11.8 Å². The molecule has 2 aromatic heterocycles. The third-order valence-corrected chi connectivity index (χ3v) is 6.35. The topological polar surface area (TPSA) is 88.3 Å². The number of aryl methyl sites for hydroxylation is 1. The molecule has 1 aromatic carbocycles. The number of nitrogens with zero attached hydrogens (tertiary/aromatic N) is 6. The van der Waals surface area contributed by atoms with Crippen LogP contribution in [0, 0.1) is 0 Å². The summed E-state index contributed by atoms with van der Waals surface area (Å²) in [5, 5.41) is 3.26. The van der Waals surface area contributed by atoms with Crippen molar-refractivity contribution in [2.24, 2.45) is 7.05 Å². The zero-order valence-corrected chi connectivity index (χ0v) is 19.2. The van der Waals surface area contributed by atoms with E-state index in [4.69, 9.17) is 0 Å². The van der Waals surface area contributed by atoms with Crippen LogP contribution in [0.5, 0.6) is 0 Å². The molecule has 3 heterocycles. The number of benzene rings is 1. The van der Waals surface area contributed by atoms with E-state index in [1.807, 2.05) is 17.0 Å². The third-order valence-electron chi connectivity index (χ3n) is 6.35. The molecule has 0 saturated carbocycles. The SMILES string of the molecule is CCC(CC)n1c(=O)n(C)c2cnc(Nc3ccc(N4CCN(C(C)=O)CC4)cc3)nc21. The van der Waals surface area contributed by atoms with Crippen LogP contribution < -0.4 is 15.9 Å². The van der Waals surface area contributed by atoms with Gasteiger partial charge in [-0.2, -0.15) is 4.98 Å². The number of imidazole rings is 1. The van der Waals surface area contributed by atoms with E-state index in [1.165, 1.54) is 0 Å². The van der Waals surface area contributed by atoms with Crippen molar-refractivity contribution in [1.82, 2.24) is 24.0 Å². The van der Waals surface area contributed by atoms with E-state index < -0.39 is 0 Å². The highest BCUT2D eigenvalue weighted by molar-refractivity contribution is 5.74. The zero-order valence-electron chi connectivity index (χ0n) is 19.2. The minimum atomic E-state index is -0.0608. The van der Waals surface area contributed by atoms with Gasteiger partial charge in [-0.05, 0) is 37.1 Å². The Labute approximate surface area is 187 Å². The van der Waals surface area contributed by atoms with Gasteiger partial charge in [0.05, 0.1) is 6.20 Å². The van der Waals surface area contributed by atoms with Gasteiger partial charge in [-0.1, -0.05) is 13.8 Å². The van der Waals surface area contributed by atoms with Crippen LogP contribution in [0.2, 0.25) is 0 Å². The molecule has 1 fully saturated rings. The summed E-state index contributed by atoms with van der Waals surface area (Å²) in [6.07, 6.45) is 3.43. The van der Waals surface area contributed by atoms with E-state index in [0.717, 1.165) is 55.9 Å². The summed E-state index contributed by atoms with van der Waals surface area (Å²) in [5.41, 5.74) is 3.33. The standard InChI is InChI=1S/C23H31N7O2/c1-5-18(6-2)30-21-20(27(4)23(30)32)15-24-22(26-21)25-17-7-9-19(10-8-17)29-13-11-28(12-14-29)16(3)31/h7-10,15,18H,5-6,11-14H2,1-4H3,(H,24,25,26). The van der Waals surface area contributed by atoms with Gasteiger partial charge in [-0.15, -0.1) is 0 Å². The predicted molar refractivity (Wildman–Crippen MR) is 127 cm³/mol. The van der Waals surface area contributed by atoms with Crippen LogP contribution in [-0.4, -0.2) is 56.1 Å². The third kappa shape index (κ3) is 4.06. The molecule has 9 nitrogen and oxygen atoms in total. The largest absolute Gasteiger partial charge is 0.368 e. The van der Waals surface area contributed by atoms with E-state index in [2.05, 4.69) is 46.2 Å². The van der Waals surface area contributed by atoms with Crippen molar-refractivity contribution in [2.45, 2.75) is 39.7 Å². The van der Waals surface area contributed by atoms with Crippen molar-refractivity contribution >= 4 is 34.4 Å². The fraction of sp³-hybridized carbons (Fsp3) is 0.478. The second-order valence-electron chi connectivity index (χ2n) is 8.25. The lowest BCUT2D eigenvalue weighted by atomic mass is 10.2. The average Bonchev–Trinajstić information content (AvgIpc) is 3.05. The van der Waals surface area contributed by atoms with Crippen molar-refractivity contribution in [3.63, 3.8) is 0 Å². The molecule has 0 unspecified atom stereocenters. The lowest BCUT2D eigenvalue weighted by molar-refractivity contribution is -0.129. The number of carbonyl (C=O) groups is 1. The Bertz CT molecular complexity index is 1150. The summed E-state index contributed by atoms with van der Waals surface area (Å²) >= 11 is 0. The van der Waals surface area contributed by atoms with Crippen LogP contribution in [0.3, 0.4) is 0 Å². The maximum atomic E-state index is 12.8. The molecule has 1 saturated heterocycles. The fourth-order valence-electron chi connectivity index (χ4n) is 4.34. The summed E-state index contributed by atoms with van der Waals surface area (Å²) in [4.78, 5) is 37.6. The first-order chi connectivity index (χ1) is 15.4. The molecule has 0 aliphatic carbocycles. The lowest BCUT2D eigenvalue weighted by Crippen LogP contribution is -2.48. The van der Waals surface area contributed by atoms with Crippen LogP contribution in [0.4, 0.5) is 17.3 Å². The van der Waals surface area contributed by atoms with Crippen molar-refractivity contribution in [1.29, 1.82) is 0 Å². The number of rotatable bonds is 6. The molecule has 1 amide bonds. The summed E-state index contributed by atoms with van der Waals surface area (Å²) in [6.45, 7) is 8.94. The molecule has 1 aliphatic rings. The van der Waals surface area contributed by atoms with Crippen LogP contribution in [0.25, 0.3) is 11.2 Å². The van der Waals surface area contributed by atoms with Gasteiger partial charge in [0.1, 0.15) is 5.52 Å². The minimum absolute atomic E-state index is 0.0608. The Balaban J connectivity index is 1.53. The maximum absolute atomic E-state index is 12.8. The number of carbonyl (C=O) groups excluding carboxylic acids is 1. The van der Waals surface area contributed by atoms with Crippen LogP contribution in [0.1, 0.15) is 39.7 Å². The number of aromatic nitrogens is 4. The van der Waals surface area contributed by atoms with Gasteiger partial charge in [0, 0.05) is 57.6 Å². The average molecular weight is 438 g/mol. The van der Waals surface area contributed by atoms with Gasteiger partial charge in [0.25, 0.3) is 0 Å². The molecular formula is C23H31N7O2. The van der Waals surface area contributed by atoms with Gasteiger partial charge in [0.15, 0.2) is 5.65 Å². The molecule has 0 bridgehead atoms. The molecular weight excluding hydrogens is 406 g/mol. The molecule has 0 radical (unpaired) electrons. The van der Waals surface area contributed by atoms with Gasteiger partial charge < -0.3 is 15.1 Å². The molecule has 3 aromatic rings. The molecule has 0 spiro atoms. The smallest absolute Gasteiger partial charge is 0.330 e. The van der Waals surface area contributed by atoms with Crippen molar-refractivity contribution in [3.8, 4) is 0 Å². The Morgan fingerprint density at radius 3 is 2.34 bits per heavy atom. The van der Waals surface area contributed by atoms with Crippen LogP contribution in [0.15, 0.2) is 35.3 Å². The lowest BCUT2D eigenvalue weighted by Gasteiger charge is -2.35. The number of piperazine rings is 1. The summed E-state index contributed by atoms with van der Waals surface area (Å²) in [6, 6.07) is 8.23. The highest BCUT2D eigenvalue weighted by Gasteiger charge is 2.20. The normalized spacial score (nSPS) is 14.4. The van der Waals surface area contributed by atoms with Gasteiger partial charge in [-0.3, -0.25) is 13.9 Å². The number of fused-ring (bicyclic) bond motifs is 1. The molecule has 170 valence electrons.